The van der Waals surface area contributed by atoms with Gasteiger partial charge in [0.15, 0.2) is 0 Å². The topological polar surface area (TPSA) is 35.8 Å². The molecular formula is C18H20N2. The van der Waals surface area contributed by atoms with E-state index in [0.717, 1.165) is 12.1 Å². The monoisotopic (exact) mass is 264 g/mol. The summed E-state index contributed by atoms with van der Waals surface area (Å²) in [5.41, 5.74) is 5.52. The minimum Gasteiger partial charge on any atom is -0.310 e. The molecule has 0 aliphatic carbocycles. The molecule has 0 saturated heterocycles. The van der Waals surface area contributed by atoms with Crippen LogP contribution in [0.5, 0.6) is 0 Å². The van der Waals surface area contributed by atoms with E-state index in [1.807, 2.05) is 18.2 Å². The fourth-order valence-electron chi connectivity index (χ4n) is 2.24. The third-order valence-electron chi connectivity index (χ3n) is 3.31. The van der Waals surface area contributed by atoms with Gasteiger partial charge in [-0.3, -0.25) is 0 Å². The van der Waals surface area contributed by atoms with E-state index in [1.54, 1.807) is 0 Å². The molecule has 0 heterocycles. The van der Waals surface area contributed by atoms with Gasteiger partial charge in [-0.25, -0.2) is 0 Å². The van der Waals surface area contributed by atoms with E-state index in [0.29, 0.717) is 11.6 Å². The average Bonchev–Trinajstić information content (AvgIpc) is 2.45. The number of aryl methyl sites for hydroxylation is 1. The van der Waals surface area contributed by atoms with Crippen molar-refractivity contribution in [3.63, 3.8) is 0 Å². The van der Waals surface area contributed by atoms with Gasteiger partial charge in [0, 0.05) is 12.6 Å². The van der Waals surface area contributed by atoms with Crippen molar-refractivity contribution >= 4 is 0 Å². The quantitative estimate of drug-likeness (QED) is 0.905. The Hall–Kier alpha value is -2.11. The Kier molecular flexibility index (Phi) is 4.55. The molecule has 0 aliphatic heterocycles. The Balaban J connectivity index is 2.27. The summed E-state index contributed by atoms with van der Waals surface area (Å²) >= 11 is 0. The van der Waals surface area contributed by atoms with Crippen LogP contribution in [0.15, 0.2) is 42.5 Å². The van der Waals surface area contributed by atoms with Crippen LogP contribution in [-0.4, -0.2) is 6.04 Å². The van der Waals surface area contributed by atoms with Crippen LogP contribution in [0.4, 0.5) is 0 Å². The third kappa shape index (κ3) is 3.46. The number of nitrogens with one attached hydrogen (secondary N) is 1. The van der Waals surface area contributed by atoms with Gasteiger partial charge in [-0.05, 0) is 41.3 Å². The second-order valence-electron chi connectivity index (χ2n) is 5.38. The number of rotatable bonds is 4. The lowest BCUT2D eigenvalue weighted by molar-refractivity contribution is 0.589. The first-order valence-electron chi connectivity index (χ1n) is 6.93. The molecule has 0 atom stereocenters. The summed E-state index contributed by atoms with van der Waals surface area (Å²) in [6.45, 7) is 7.30. The Morgan fingerprint density at radius 3 is 2.60 bits per heavy atom. The van der Waals surface area contributed by atoms with Gasteiger partial charge in [-0.15, -0.1) is 0 Å². The molecular weight excluding hydrogens is 244 g/mol. The normalized spacial score (nSPS) is 10.6. The van der Waals surface area contributed by atoms with Crippen molar-refractivity contribution in [3.8, 4) is 17.2 Å². The lowest BCUT2D eigenvalue weighted by atomic mass is 9.97. The molecule has 2 aromatic carbocycles. The molecule has 0 radical (unpaired) electrons. The number of hydrogen-bond acceptors (Lipinski definition) is 2. The van der Waals surface area contributed by atoms with Crippen LogP contribution in [-0.2, 0) is 6.54 Å². The molecule has 2 heteroatoms. The van der Waals surface area contributed by atoms with Crippen molar-refractivity contribution in [1.82, 2.24) is 5.32 Å². The number of benzene rings is 2. The minimum atomic E-state index is 0.488. The fraction of sp³-hybridized carbons (Fsp3) is 0.278. The summed E-state index contributed by atoms with van der Waals surface area (Å²) in [6.07, 6.45) is 0. The SMILES string of the molecule is Cc1cc(CNC(C)C)ccc1-c1cccc(C#N)c1. The lowest BCUT2D eigenvalue weighted by Crippen LogP contribution is -2.21. The maximum Gasteiger partial charge on any atom is 0.0991 e. The van der Waals surface area contributed by atoms with Gasteiger partial charge < -0.3 is 5.32 Å². The highest BCUT2D eigenvalue weighted by Gasteiger charge is 2.04. The molecule has 0 fully saturated rings. The largest absolute Gasteiger partial charge is 0.310 e. The van der Waals surface area contributed by atoms with Crippen molar-refractivity contribution in [2.75, 3.05) is 0 Å². The molecule has 0 bridgehead atoms. The number of hydrogen-bond donors (Lipinski definition) is 1. The Morgan fingerprint density at radius 1 is 1.15 bits per heavy atom. The smallest absolute Gasteiger partial charge is 0.0991 e. The Morgan fingerprint density at radius 2 is 1.95 bits per heavy atom. The van der Waals surface area contributed by atoms with Crippen molar-refractivity contribution in [1.29, 1.82) is 5.26 Å². The highest BCUT2D eigenvalue weighted by Crippen LogP contribution is 2.25. The van der Waals surface area contributed by atoms with Gasteiger partial charge in [0.2, 0.25) is 0 Å². The van der Waals surface area contributed by atoms with Crippen molar-refractivity contribution in [3.05, 3.63) is 59.2 Å². The van der Waals surface area contributed by atoms with Crippen molar-refractivity contribution in [2.24, 2.45) is 0 Å². The summed E-state index contributed by atoms with van der Waals surface area (Å²) in [4.78, 5) is 0. The molecule has 0 aromatic heterocycles. The summed E-state index contributed by atoms with van der Waals surface area (Å²) in [5.74, 6) is 0. The second kappa shape index (κ2) is 6.36. The van der Waals surface area contributed by atoms with Gasteiger partial charge in [-0.1, -0.05) is 44.2 Å². The van der Waals surface area contributed by atoms with E-state index in [9.17, 15) is 0 Å². The minimum absolute atomic E-state index is 0.488. The van der Waals surface area contributed by atoms with Gasteiger partial charge >= 0.3 is 0 Å². The van der Waals surface area contributed by atoms with E-state index in [2.05, 4.69) is 56.4 Å². The molecule has 0 unspecified atom stereocenters. The molecule has 1 N–H and O–H groups in total. The molecule has 0 amide bonds. The molecule has 20 heavy (non-hydrogen) atoms. The lowest BCUT2D eigenvalue weighted by Gasteiger charge is -2.11. The van der Waals surface area contributed by atoms with Gasteiger partial charge in [0.25, 0.3) is 0 Å². The van der Waals surface area contributed by atoms with Gasteiger partial charge in [0.1, 0.15) is 0 Å². The van der Waals surface area contributed by atoms with Crippen LogP contribution < -0.4 is 5.32 Å². The zero-order chi connectivity index (χ0) is 14.5. The molecule has 0 saturated carbocycles. The van der Waals surface area contributed by atoms with Crippen LogP contribution in [0.25, 0.3) is 11.1 Å². The first-order valence-corrected chi connectivity index (χ1v) is 6.93. The van der Waals surface area contributed by atoms with E-state index >= 15 is 0 Å². The standard InChI is InChI=1S/C18H20N2/c1-13(2)20-12-16-7-8-18(14(3)9-16)17-6-4-5-15(10-17)11-19/h4-10,13,20H,12H2,1-3H3. The van der Waals surface area contributed by atoms with Crippen LogP contribution in [0.3, 0.4) is 0 Å². The van der Waals surface area contributed by atoms with E-state index in [4.69, 9.17) is 5.26 Å². The second-order valence-corrected chi connectivity index (χ2v) is 5.38. The first kappa shape index (κ1) is 14.3. The van der Waals surface area contributed by atoms with E-state index in [1.165, 1.54) is 16.7 Å². The summed E-state index contributed by atoms with van der Waals surface area (Å²) in [7, 11) is 0. The van der Waals surface area contributed by atoms with E-state index in [-0.39, 0.29) is 0 Å². The number of nitrogens with zero attached hydrogens (tertiary/aromatic N) is 1. The molecule has 102 valence electrons. The fourth-order valence-corrected chi connectivity index (χ4v) is 2.24. The maximum atomic E-state index is 8.99. The summed E-state index contributed by atoms with van der Waals surface area (Å²) in [6, 6.07) is 16.9. The maximum absolute atomic E-state index is 8.99. The molecule has 2 rings (SSSR count). The molecule has 0 aliphatic rings. The summed E-state index contributed by atoms with van der Waals surface area (Å²) in [5, 5.41) is 12.4. The Labute approximate surface area is 121 Å². The molecule has 0 spiro atoms. The predicted molar refractivity (Wildman–Crippen MR) is 83.3 cm³/mol. The predicted octanol–water partition coefficient (Wildman–Crippen LogP) is 4.03. The highest BCUT2D eigenvalue weighted by atomic mass is 14.9. The number of nitriles is 1. The third-order valence-corrected chi connectivity index (χ3v) is 3.31. The van der Waals surface area contributed by atoms with Gasteiger partial charge in [0.05, 0.1) is 11.6 Å². The zero-order valence-electron chi connectivity index (χ0n) is 12.3. The molecule has 2 aromatic rings. The summed E-state index contributed by atoms with van der Waals surface area (Å²) < 4.78 is 0. The van der Waals surface area contributed by atoms with Crippen LogP contribution >= 0.6 is 0 Å². The van der Waals surface area contributed by atoms with Gasteiger partial charge in [-0.2, -0.15) is 5.26 Å². The van der Waals surface area contributed by atoms with Crippen molar-refractivity contribution in [2.45, 2.75) is 33.4 Å². The molecule has 2 nitrogen and oxygen atoms in total. The zero-order valence-corrected chi connectivity index (χ0v) is 12.3. The first-order chi connectivity index (χ1) is 9.60. The average molecular weight is 264 g/mol. The van der Waals surface area contributed by atoms with Crippen LogP contribution in [0.1, 0.15) is 30.5 Å². The van der Waals surface area contributed by atoms with E-state index < -0.39 is 0 Å². The van der Waals surface area contributed by atoms with Crippen LogP contribution in [0.2, 0.25) is 0 Å². The van der Waals surface area contributed by atoms with Crippen molar-refractivity contribution < 1.29 is 0 Å². The van der Waals surface area contributed by atoms with Crippen LogP contribution in [0, 0.1) is 18.3 Å². The Bertz CT molecular complexity index is 636. The highest BCUT2D eigenvalue weighted by molar-refractivity contribution is 5.68.